The Morgan fingerprint density at radius 3 is 3.00 bits per heavy atom. The van der Waals surface area contributed by atoms with Gasteiger partial charge in [0, 0.05) is 12.8 Å². The Morgan fingerprint density at radius 1 is 1.40 bits per heavy atom. The molecule has 9 nitrogen and oxygen atoms in total. The molecule has 2 amide bonds. The molecule has 3 N–H and O–H groups in total. The predicted molar refractivity (Wildman–Crippen MR) is 110 cm³/mol. The van der Waals surface area contributed by atoms with Gasteiger partial charge < -0.3 is 14.8 Å². The number of fused-ring (bicyclic) bond motifs is 3. The van der Waals surface area contributed by atoms with Crippen molar-refractivity contribution in [3.8, 4) is 5.88 Å². The van der Waals surface area contributed by atoms with Gasteiger partial charge in [-0.1, -0.05) is 13.0 Å². The molecule has 5 rings (SSSR count). The summed E-state index contributed by atoms with van der Waals surface area (Å²) in [6.07, 6.45) is 5.18. The zero-order valence-electron chi connectivity index (χ0n) is 17.0. The molecule has 3 aliphatic rings. The molecule has 30 heavy (non-hydrogen) atoms. The number of carbonyl (C=O) groups excluding carboxylic acids is 1. The van der Waals surface area contributed by atoms with Crippen LogP contribution < -0.4 is 14.8 Å². The van der Waals surface area contributed by atoms with Crippen LogP contribution >= 0.6 is 0 Å². The highest BCUT2D eigenvalue weighted by molar-refractivity contribution is 7.91. The van der Waals surface area contributed by atoms with Crippen LogP contribution in [0.3, 0.4) is 0 Å². The molecule has 2 aliphatic carbocycles. The maximum absolute atomic E-state index is 13.1. The number of anilines is 1. The molecule has 3 atom stereocenters. The summed E-state index contributed by atoms with van der Waals surface area (Å²) in [5, 5.41) is 7.06. The van der Waals surface area contributed by atoms with Crippen LogP contribution in [0, 0.1) is 4.78 Å². The summed E-state index contributed by atoms with van der Waals surface area (Å²) in [5.41, 5.74) is 5.73. The van der Waals surface area contributed by atoms with Gasteiger partial charge in [-0.15, -0.1) is 0 Å². The van der Waals surface area contributed by atoms with Crippen LogP contribution in [0.15, 0.2) is 17.2 Å². The first-order valence-corrected chi connectivity index (χ1v) is 11.7. The Morgan fingerprint density at radius 2 is 2.23 bits per heavy atom. The number of aromatic nitrogens is 2. The molecule has 0 spiro atoms. The number of carbonyl (C=O) groups is 1. The van der Waals surface area contributed by atoms with E-state index >= 15 is 0 Å². The number of rotatable bonds is 4. The number of amides is 2. The van der Waals surface area contributed by atoms with Crippen LogP contribution in [0.25, 0.3) is 0 Å². The molecule has 1 unspecified atom stereocenters. The second-order valence-corrected chi connectivity index (χ2v) is 9.95. The second kappa shape index (κ2) is 6.98. The first-order valence-electron chi connectivity index (χ1n) is 10.1. The highest BCUT2D eigenvalue weighted by atomic mass is 32.2. The number of hydrogen-bond acceptors (Lipinski definition) is 6. The molecule has 0 bridgehead atoms. The Kier molecular flexibility index (Phi) is 4.51. The van der Waals surface area contributed by atoms with Gasteiger partial charge in [0.1, 0.15) is 17.6 Å². The van der Waals surface area contributed by atoms with Gasteiger partial charge in [0.25, 0.3) is 0 Å². The van der Waals surface area contributed by atoms with Crippen molar-refractivity contribution in [2.75, 3.05) is 19.0 Å². The van der Waals surface area contributed by atoms with Gasteiger partial charge >= 0.3 is 6.03 Å². The summed E-state index contributed by atoms with van der Waals surface area (Å²) >= 11 is 0. The molecule has 1 aromatic heterocycles. The van der Waals surface area contributed by atoms with E-state index in [1.54, 1.807) is 7.11 Å². The van der Waals surface area contributed by atoms with E-state index in [0.717, 1.165) is 31.4 Å². The minimum Gasteiger partial charge on any atom is -0.474 e. The van der Waals surface area contributed by atoms with Crippen molar-refractivity contribution >= 4 is 21.6 Å². The number of urea groups is 1. The predicted octanol–water partition coefficient (Wildman–Crippen LogP) is 2.58. The Labute approximate surface area is 175 Å². The Bertz CT molecular complexity index is 1140. The highest BCUT2D eigenvalue weighted by Gasteiger charge is 2.33. The second-order valence-electron chi connectivity index (χ2n) is 8.20. The Hall–Kier alpha value is -2.59. The van der Waals surface area contributed by atoms with Gasteiger partial charge in [0.2, 0.25) is 5.88 Å². The quantitative estimate of drug-likeness (QED) is 0.688. The molecule has 1 aromatic carbocycles. The first kappa shape index (κ1) is 19.4. The highest BCUT2D eigenvalue weighted by Crippen LogP contribution is 2.45. The van der Waals surface area contributed by atoms with E-state index in [0.29, 0.717) is 12.5 Å². The first-order chi connectivity index (χ1) is 14.4. The third-order valence-electron chi connectivity index (χ3n) is 6.21. The van der Waals surface area contributed by atoms with Crippen LogP contribution in [0.2, 0.25) is 0 Å². The van der Waals surface area contributed by atoms with E-state index in [9.17, 15) is 9.00 Å². The smallest absolute Gasteiger partial charge is 0.331 e. The maximum Gasteiger partial charge on any atom is 0.331 e. The van der Waals surface area contributed by atoms with E-state index in [1.165, 1.54) is 33.1 Å². The largest absolute Gasteiger partial charge is 0.474 e. The average molecular weight is 432 g/mol. The summed E-state index contributed by atoms with van der Waals surface area (Å²) in [7, 11) is -2.06. The molecule has 10 heteroatoms. The van der Waals surface area contributed by atoms with E-state index in [2.05, 4.69) is 28.1 Å². The zero-order valence-corrected chi connectivity index (χ0v) is 17.8. The van der Waals surface area contributed by atoms with E-state index < -0.39 is 15.9 Å². The maximum atomic E-state index is 13.1. The molecule has 0 saturated heterocycles. The molecule has 2 heterocycles. The summed E-state index contributed by atoms with van der Waals surface area (Å²) in [6.45, 7) is 2.86. The Balaban J connectivity index is 1.38. The van der Waals surface area contributed by atoms with Gasteiger partial charge in [-0.3, -0.25) is 0 Å². The number of nitrogens with one attached hydrogen (secondary N) is 3. The lowest BCUT2D eigenvalue weighted by molar-refractivity contribution is 0.0165. The van der Waals surface area contributed by atoms with Crippen molar-refractivity contribution in [2.24, 2.45) is 0 Å². The molecular weight excluding hydrogens is 406 g/mol. The third-order valence-corrected chi connectivity index (χ3v) is 7.58. The molecule has 160 valence electrons. The summed E-state index contributed by atoms with van der Waals surface area (Å²) < 4.78 is 36.1. The van der Waals surface area contributed by atoms with Crippen molar-refractivity contribution in [1.82, 2.24) is 14.5 Å². The number of benzene rings is 1. The summed E-state index contributed by atoms with van der Waals surface area (Å²) in [6, 6.07) is 1.61. The minimum absolute atomic E-state index is 0.0619. The minimum atomic E-state index is -3.65. The monoisotopic (exact) mass is 431 g/mol. The molecule has 0 radical (unpaired) electrons. The standard InChI is InChI=1S/C20H25N5O4S/c1-11-6-13-7-12-4-3-5-15(12)18(17(11)13)23-20(26)24-30(21,27)16-8-22-25-9-14(28-2)10-29-19(16)25/h7-8,11,14H,3-6,9-10H2,1-2H3,(H3,21,23,24,26,27)/t11-,14+,30?/m1/s1. The number of hydrogen-bond donors (Lipinski definition) is 3. The van der Waals surface area contributed by atoms with Gasteiger partial charge in [0.05, 0.1) is 12.7 Å². The molecule has 0 fully saturated rings. The number of aryl methyl sites for hydroxylation is 1. The lowest BCUT2D eigenvalue weighted by atomic mass is 9.75. The fourth-order valence-electron chi connectivity index (χ4n) is 4.71. The SMILES string of the molecule is CO[C@@H]1COc2c(S(=N)(=O)NC(=O)Nc3c4c(cc5c3[C@H](C)C5)CCC4)cnn2C1. The van der Waals surface area contributed by atoms with Crippen LogP contribution in [-0.2, 0) is 40.5 Å². The van der Waals surface area contributed by atoms with Crippen molar-refractivity contribution in [3.05, 3.63) is 34.5 Å². The molecular formula is C20H25N5O4S. The third kappa shape index (κ3) is 3.05. The van der Waals surface area contributed by atoms with Crippen molar-refractivity contribution < 1.29 is 18.5 Å². The van der Waals surface area contributed by atoms with Crippen molar-refractivity contribution in [2.45, 2.75) is 56.1 Å². The van der Waals surface area contributed by atoms with E-state index in [4.69, 9.17) is 14.3 Å². The average Bonchev–Trinajstić information content (AvgIpc) is 3.33. The molecule has 1 aliphatic heterocycles. The van der Waals surface area contributed by atoms with E-state index in [1.807, 2.05) is 0 Å². The fraction of sp³-hybridized carbons (Fsp3) is 0.500. The topological polar surface area (TPSA) is 118 Å². The number of methoxy groups -OCH3 is 1. The summed E-state index contributed by atoms with van der Waals surface area (Å²) in [5.74, 6) is 0.619. The van der Waals surface area contributed by atoms with E-state index in [-0.39, 0.29) is 23.5 Å². The normalized spacial score (nSPS) is 23.3. The van der Waals surface area contributed by atoms with Crippen molar-refractivity contribution in [1.29, 1.82) is 4.78 Å². The van der Waals surface area contributed by atoms with Gasteiger partial charge in [-0.25, -0.2) is 23.2 Å². The van der Waals surface area contributed by atoms with Crippen LogP contribution in [0.1, 0.15) is 41.5 Å². The van der Waals surface area contributed by atoms with Crippen molar-refractivity contribution in [3.63, 3.8) is 0 Å². The van der Waals surface area contributed by atoms with Gasteiger partial charge in [0.15, 0.2) is 9.92 Å². The lowest BCUT2D eigenvalue weighted by Gasteiger charge is -2.32. The van der Waals surface area contributed by atoms with Gasteiger partial charge in [-0.05, 0) is 53.9 Å². The zero-order chi connectivity index (χ0) is 21.0. The van der Waals surface area contributed by atoms with Crippen LogP contribution in [0.4, 0.5) is 10.5 Å². The molecule has 0 saturated carbocycles. The number of nitrogens with zero attached hydrogens (tertiary/aromatic N) is 2. The summed E-state index contributed by atoms with van der Waals surface area (Å²) in [4.78, 5) is 12.8. The van der Waals surface area contributed by atoms with Crippen LogP contribution in [0.5, 0.6) is 5.88 Å². The number of ether oxygens (including phenoxy) is 2. The fourth-order valence-corrected chi connectivity index (χ4v) is 5.74. The molecule has 2 aromatic rings. The van der Waals surface area contributed by atoms with Gasteiger partial charge in [-0.2, -0.15) is 5.10 Å². The lowest BCUT2D eigenvalue weighted by Crippen LogP contribution is -2.36. The van der Waals surface area contributed by atoms with Crippen LogP contribution in [-0.4, -0.2) is 39.8 Å².